The van der Waals surface area contributed by atoms with Gasteiger partial charge in [-0.25, -0.2) is 4.99 Å². The Morgan fingerprint density at radius 1 is 0.854 bits per heavy atom. The van der Waals surface area contributed by atoms with Gasteiger partial charge in [0.25, 0.3) is 5.91 Å². The van der Waals surface area contributed by atoms with Gasteiger partial charge in [0.15, 0.2) is 5.17 Å². The van der Waals surface area contributed by atoms with E-state index in [1.54, 1.807) is 36.4 Å². The van der Waals surface area contributed by atoms with Crippen LogP contribution in [0.15, 0.2) is 99.7 Å². The van der Waals surface area contributed by atoms with Crippen molar-refractivity contribution in [3.05, 3.63) is 122 Å². The lowest BCUT2D eigenvalue weighted by Crippen LogP contribution is -2.28. The topological polar surface area (TPSA) is 76.0 Å². The standard InChI is InChI=1S/C30H21Cl3N2O4S2/c1-18-6-10-22(16-26(18)32)34-30-35(23-11-7-19(2)27(33)17-23)29(36)28(40-30)15-20-4-3-5-24(14-20)39-41(37,38)25-12-8-21(31)9-13-25/h3-17H,1-2H3/b28-15-,34-30?. The lowest BCUT2D eigenvalue weighted by Gasteiger charge is -2.16. The van der Waals surface area contributed by atoms with Crippen LogP contribution in [0.25, 0.3) is 6.08 Å². The molecule has 0 bridgehead atoms. The summed E-state index contributed by atoms with van der Waals surface area (Å²) in [6.07, 6.45) is 1.65. The van der Waals surface area contributed by atoms with E-state index >= 15 is 0 Å². The Labute approximate surface area is 257 Å². The first-order valence-corrected chi connectivity index (χ1v) is 15.5. The molecule has 0 radical (unpaired) electrons. The largest absolute Gasteiger partial charge is 0.379 e. The Morgan fingerprint density at radius 2 is 1.54 bits per heavy atom. The minimum atomic E-state index is -4.09. The smallest absolute Gasteiger partial charge is 0.339 e. The molecule has 1 heterocycles. The zero-order valence-electron chi connectivity index (χ0n) is 21.6. The maximum atomic E-state index is 13.7. The van der Waals surface area contributed by atoms with Crippen molar-refractivity contribution in [2.24, 2.45) is 4.99 Å². The molecule has 41 heavy (non-hydrogen) atoms. The summed E-state index contributed by atoms with van der Waals surface area (Å²) >= 11 is 19.8. The van der Waals surface area contributed by atoms with Gasteiger partial charge in [-0.3, -0.25) is 9.69 Å². The summed E-state index contributed by atoms with van der Waals surface area (Å²) in [5.74, 6) is -0.220. The van der Waals surface area contributed by atoms with E-state index in [1.807, 2.05) is 32.0 Å². The molecule has 0 unspecified atom stereocenters. The fraction of sp³-hybridized carbons (Fsp3) is 0.0667. The highest BCUT2D eigenvalue weighted by atomic mass is 35.5. The summed E-state index contributed by atoms with van der Waals surface area (Å²) in [4.78, 5) is 20.3. The number of hydrogen-bond acceptors (Lipinski definition) is 6. The number of aryl methyl sites for hydroxylation is 2. The number of amidine groups is 1. The Bertz CT molecular complexity index is 1840. The number of amides is 1. The molecule has 0 atom stereocenters. The summed E-state index contributed by atoms with van der Waals surface area (Å²) in [5, 5.41) is 1.90. The average molecular weight is 644 g/mol. The van der Waals surface area contributed by atoms with E-state index in [9.17, 15) is 13.2 Å². The maximum absolute atomic E-state index is 13.7. The predicted molar refractivity (Wildman–Crippen MR) is 168 cm³/mol. The van der Waals surface area contributed by atoms with E-state index in [1.165, 1.54) is 53.1 Å². The number of benzene rings is 4. The van der Waals surface area contributed by atoms with Crippen LogP contribution in [-0.2, 0) is 14.9 Å². The van der Waals surface area contributed by atoms with Gasteiger partial charge in [-0.2, -0.15) is 8.42 Å². The molecule has 1 fully saturated rings. The number of carbonyl (C=O) groups excluding carboxylic acids is 1. The van der Waals surface area contributed by atoms with E-state index in [2.05, 4.69) is 0 Å². The molecular weight excluding hydrogens is 623 g/mol. The number of anilines is 1. The zero-order chi connectivity index (χ0) is 29.3. The molecule has 1 amide bonds. The monoisotopic (exact) mass is 642 g/mol. The lowest BCUT2D eigenvalue weighted by molar-refractivity contribution is -0.113. The van der Waals surface area contributed by atoms with Crippen molar-refractivity contribution >= 4 is 85.2 Å². The number of hydrogen-bond donors (Lipinski definition) is 0. The van der Waals surface area contributed by atoms with E-state index < -0.39 is 10.1 Å². The third kappa shape index (κ3) is 6.63. The number of halogens is 3. The van der Waals surface area contributed by atoms with Crippen LogP contribution in [-0.4, -0.2) is 19.5 Å². The van der Waals surface area contributed by atoms with Crippen molar-refractivity contribution in [1.29, 1.82) is 0 Å². The number of nitrogens with zero attached hydrogens (tertiary/aromatic N) is 2. The number of thioether (sulfide) groups is 1. The third-order valence-electron chi connectivity index (χ3n) is 6.06. The minimum Gasteiger partial charge on any atom is -0.379 e. The second-order valence-corrected chi connectivity index (χ2v) is 12.9. The van der Waals surface area contributed by atoms with Crippen molar-refractivity contribution < 1.29 is 17.4 Å². The molecule has 0 spiro atoms. The Hall–Kier alpha value is -3.27. The molecule has 208 valence electrons. The van der Waals surface area contributed by atoms with Crippen LogP contribution < -0.4 is 9.08 Å². The quantitative estimate of drug-likeness (QED) is 0.155. The van der Waals surface area contributed by atoms with E-state index in [0.717, 1.165) is 11.1 Å². The third-order valence-corrected chi connectivity index (χ3v) is 9.36. The highest BCUT2D eigenvalue weighted by Crippen LogP contribution is 2.39. The van der Waals surface area contributed by atoms with Gasteiger partial charge in [-0.1, -0.05) is 59.1 Å². The summed E-state index contributed by atoms with van der Waals surface area (Å²) < 4.78 is 30.8. The first kappa shape index (κ1) is 29.2. The first-order chi connectivity index (χ1) is 19.5. The zero-order valence-corrected chi connectivity index (χ0v) is 25.5. The molecule has 1 saturated heterocycles. The Morgan fingerprint density at radius 3 is 2.22 bits per heavy atom. The average Bonchev–Trinajstić information content (AvgIpc) is 3.22. The van der Waals surface area contributed by atoms with E-state index in [4.69, 9.17) is 44.0 Å². The maximum Gasteiger partial charge on any atom is 0.339 e. The molecule has 0 saturated carbocycles. The van der Waals surface area contributed by atoms with Crippen LogP contribution in [0.2, 0.25) is 15.1 Å². The second kappa shape index (κ2) is 11.9. The summed E-state index contributed by atoms with van der Waals surface area (Å²) in [6.45, 7) is 3.77. The molecule has 0 aromatic heterocycles. The number of aliphatic imine (C=N–C) groups is 1. The molecular formula is C30H21Cl3N2O4S2. The van der Waals surface area contributed by atoms with Crippen LogP contribution in [0.5, 0.6) is 5.75 Å². The van der Waals surface area contributed by atoms with Crippen molar-refractivity contribution in [3.8, 4) is 5.75 Å². The fourth-order valence-corrected chi connectivity index (χ4v) is 6.24. The van der Waals surface area contributed by atoms with Gasteiger partial charge in [0.05, 0.1) is 16.3 Å². The van der Waals surface area contributed by atoms with Crippen LogP contribution in [0, 0.1) is 13.8 Å². The van der Waals surface area contributed by atoms with Crippen LogP contribution in [0.4, 0.5) is 11.4 Å². The van der Waals surface area contributed by atoms with Gasteiger partial charge >= 0.3 is 10.1 Å². The molecule has 0 N–H and O–H groups in total. The fourth-order valence-electron chi connectivity index (χ4n) is 3.84. The van der Waals surface area contributed by atoms with Crippen LogP contribution in [0.1, 0.15) is 16.7 Å². The highest BCUT2D eigenvalue weighted by Gasteiger charge is 2.35. The Kier molecular flexibility index (Phi) is 8.50. The SMILES string of the molecule is Cc1ccc(N=C2S/C(=C\c3cccc(OS(=O)(=O)c4ccc(Cl)cc4)c3)C(=O)N2c2ccc(C)c(Cl)c2)cc1Cl. The van der Waals surface area contributed by atoms with Gasteiger partial charge in [0, 0.05) is 15.1 Å². The lowest BCUT2D eigenvalue weighted by atomic mass is 10.2. The summed E-state index contributed by atoms with van der Waals surface area (Å²) in [7, 11) is -4.09. The second-order valence-electron chi connectivity index (χ2n) is 9.08. The number of rotatable bonds is 6. The van der Waals surface area contributed by atoms with Gasteiger partial charge < -0.3 is 4.18 Å². The normalized spacial score (nSPS) is 15.6. The summed E-state index contributed by atoms with van der Waals surface area (Å²) in [5.41, 5.74) is 3.49. The summed E-state index contributed by atoms with van der Waals surface area (Å²) in [6, 6.07) is 22.9. The minimum absolute atomic E-state index is 0.0309. The molecule has 0 aliphatic carbocycles. The van der Waals surface area contributed by atoms with Crippen molar-refractivity contribution in [1.82, 2.24) is 0 Å². The highest BCUT2D eigenvalue weighted by molar-refractivity contribution is 8.19. The predicted octanol–water partition coefficient (Wildman–Crippen LogP) is 8.84. The van der Waals surface area contributed by atoms with E-state index in [0.29, 0.717) is 42.1 Å². The molecule has 11 heteroatoms. The first-order valence-electron chi connectivity index (χ1n) is 12.2. The van der Waals surface area contributed by atoms with E-state index in [-0.39, 0.29) is 16.6 Å². The molecule has 1 aliphatic heterocycles. The van der Waals surface area contributed by atoms with Crippen molar-refractivity contribution in [3.63, 3.8) is 0 Å². The van der Waals surface area contributed by atoms with Crippen LogP contribution in [0.3, 0.4) is 0 Å². The molecule has 1 aliphatic rings. The molecule has 4 aromatic rings. The Balaban J connectivity index is 1.50. The van der Waals surface area contributed by atoms with Crippen LogP contribution >= 0.6 is 46.6 Å². The molecule has 5 rings (SSSR count). The van der Waals surface area contributed by atoms with Gasteiger partial charge in [-0.15, -0.1) is 0 Å². The van der Waals surface area contributed by atoms with Gasteiger partial charge in [0.1, 0.15) is 10.6 Å². The molecule has 4 aromatic carbocycles. The number of carbonyl (C=O) groups is 1. The van der Waals surface area contributed by atoms with Crippen molar-refractivity contribution in [2.75, 3.05) is 4.90 Å². The molecule has 6 nitrogen and oxygen atoms in total. The van der Waals surface area contributed by atoms with Gasteiger partial charge in [0.2, 0.25) is 0 Å². The van der Waals surface area contributed by atoms with Gasteiger partial charge in [-0.05, 0) is 109 Å². The van der Waals surface area contributed by atoms with Crippen molar-refractivity contribution in [2.45, 2.75) is 18.7 Å².